The van der Waals surface area contributed by atoms with Crippen LogP contribution in [0.4, 0.5) is 0 Å². The SMILES string of the molecule is COc1ccc(CCN(CC(=O)O)CC(=O)O)cc1OC. The summed E-state index contributed by atoms with van der Waals surface area (Å²) in [6.07, 6.45) is 0.515. The van der Waals surface area contributed by atoms with E-state index < -0.39 is 11.9 Å². The van der Waals surface area contributed by atoms with Crippen LogP contribution in [0.25, 0.3) is 0 Å². The molecule has 0 saturated carbocycles. The van der Waals surface area contributed by atoms with Crippen molar-refractivity contribution in [1.29, 1.82) is 0 Å². The van der Waals surface area contributed by atoms with Crippen LogP contribution in [0.3, 0.4) is 0 Å². The number of ether oxygens (including phenoxy) is 2. The number of benzene rings is 1. The van der Waals surface area contributed by atoms with E-state index in [1.165, 1.54) is 12.0 Å². The lowest BCUT2D eigenvalue weighted by atomic mass is 10.1. The standard InChI is InChI=1S/C14H19NO6/c1-20-11-4-3-10(7-12(11)21-2)5-6-15(8-13(16)17)9-14(18)19/h3-4,7H,5-6,8-9H2,1-2H3,(H,16,17)(H,18,19). The van der Waals surface area contributed by atoms with Crippen LogP contribution in [0.2, 0.25) is 0 Å². The summed E-state index contributed by atoms with van der Waals surface area (Å²) < 4.78 is 10.3. The first-order valence-electron chi connectivity index (χ1n) is 6.33. The summed E-state index contributed by atoms with van der Waals surface area (Å²) >= 11 is 0. The second-order valence-electron chi connectivity index (χ2n) is 4.44. The third-order valence-electron chi connectivity index (χ3n) is 2.88. The highest BCUT2D eigenvalue weighted by Gasteiger charge is 2.14. The number of rotatable bonds is 9. The van der Waals surface area contributed by atoms with Crippen molar-refractivity contribution in [3.05, 3.63) is 23.8 Å². The lowest BCUT2D eigenvalue weighted by Gasteiger charge is -2.18. The van der Waals surface area contributed by atoms with Crippen molar-refractivity contribution in [3.8, 4) is 11.5 Å². The fourth-order valence-electron chi connectivity index (χ4n) is 1.92. The highest BCUT2D eigenvalue weighted by atomic mass is 16.5. The molecule has 0 saturated heterocycles. The molecule has 0 radical (unpaired) electrons. The Hall–Kier alpha value is -2.28. The normalized spacial score (nSPS) is 10.4. The molecule has 7 heteroatoms. The molecule has 0 spiro atoms. The Balaban J connectivity index is 2.70. The number of carbonyl (C=O) groups is 2. The van der Waals surface area contributed by atoms with Gasteiger partial charge in [-0.1, -0.05) is 6.07 Å². The van der Waals surface area contributed by atoms with Crippen molar-refractivity contribution in [2.75, 3.05) is 33.9 Å². The van der Waals surface area contributed by atoms with Gasteiger partial charge in [-0.2, -0.15) is 0 Å². The topological polar surface area (TPSA) is 96.3 Å². The third-order valence-corrected chi connectivity index (χ3v) is 2.88. The van der Waals surface area contributed by atoms with Gasteiger partial charge in [-0.05, 0) is 24.1 Å². The van der Waals surface area contributed by atoms with Gasteiger partial charge in [0.05, 0.1) is 27.3 Å². The van der Waals surface area contributed by atoms with Gasteiger partial charge in [0.15, 0.2) is 11.5 Å². The van der Waals surface area contributed by atoms with E-state index in [1.807, 2.05) is 6.07 Å². The van der Waals surface area contributed by atoms with Crippen molar-refractivity contribution in [2.24, 2.45) is 0 Å². The van der Waals surface area contributed by atoms with Gasteiger partial charge in [-0.3, -0.25) is 14.5 Å². The summed E-state index contributed by atoms with van der Waals surface area (Å²) in [6, 6.07) is 5.38. The number of hydrogen-bond donors (Lipinski definition) is 2. The largest absolute Gasteiger partial charge is 0.493 e. The van der Waals surface area contributed by atoms with Crippen LogP contribution in [0.1, 0.15) is 5.56 Å². The third kappa shape index (κ3) is 5.70. The van der Waals surface area contributed by atoms with Crippen LogP contribution in [0.15, 0.2) is 18.2 Å². The molecule has 0 aliphatic carbocycles. The molecular weight excluding hydrogens is 278 g/mol. The molecule has 0 aliphatic heterocycles. The molecule has 0 unspecified atom stereocenters. The van der Waals surface area contributed by atoms with Gasteiger partial charge in [-0.15, -0.1) is 0 Å². The monoisotopic (exact) mass is 297 g/mol. The average Bonchev–Trinajstić information content (AvgIpc) is 2.43. The molecule has 0 aliphatic rings. The lowest BCUT2D eigenvalue weighted by Crippen LogP contribution is -2.35. The van der Waals surface area contributed by atoms with Gasteiger partial charge < -0.3 is 19.7 Å². The van der Waals surface area contributed by atoms with E-state index in [-0.39, 0.29) is 13.1 Å². The smallest absolute Gasteiger partial charge is 0.317 e. The summed E-state index contributed by atoms with van der Waals surface area (Å²) in [5, 5.41) is 17.5. The molecule has 0 aromatic heterocycles. The average molecular weight is 297 g/mol. The molecule has 0 amide bonds. The first-order valence-corrected chi connectivity index (χ1v) is 6.33. The first-order chi connectivity index (χ1) is 9.96. The molecule has 21 heavy (non-hydrogen) atoms. The van der Waals surface area contributed by atoms with E-state index in [2.05, 4.69) is 0 Å². The molecule has 1 aromatic carbocycles. The van der Waals surface area contributed by atoms with Gasteiger partial charge in [-0.25, -0.2) is 0 Å². The van der Waals surface area contributed by atoms with E-state index in [0.717, 1.165) is 5.56 Å². The number of hydrogen-bond acceptors (Lipinski definition) is 5. The van der Waals surface area contributed by atoms with Gasteiger partial charge in [0.2, 0.25) is 0 Å². The Morgan fingerprint density at radius 2 is 1.62 bits per heavy atom. The lowest BCUT2D eigenvalue weighted by molar-refractivity contribution is -0.141. The number of carboxylic acids is 2. The summed E-state index contributed by atoms with van der Waals surface area (Å²) in [5.41, 5.74) is 0.911. The minimum Gasteiger partial charge on any atom is -0.493 e. The Labute approximate surface area is 122 Å². The van der Waals surface area contributed by atoms with E-state index in [4.69, 9.17) is 19.7 Å². The minimum absolute atomic E-state index is 0.306. The summed E-state index contributed by atoms with van der Waals surface area (Å²) in [4.78, 5) is 22.8. The minimum atomic E-state index is -1.05. The molecule has 0 bridgehead atoms. The predicted molar refractivity (Wildman–Crippen MR) is 75.0 cm³/mol. The van der Waals surface area contributed by atoms with E-state index in [1.54, 1.807) is 19.2 Å². The van der Waals surface area contributed by atoms with Crippen LogP contribution in [0, 0.1) is 0 Å². The molecule has 0 atom stereocenters. The molecule has 2 N–H and O–H groups in total. The summed E-state index contributed by atoms with van der Waals surface area (Å²) in [5.74, 6) is -0.917. The fraction of sp³-hybridized carbons (Fsp3) is 0.429. The van der Waals surface area contributed by atoms with Crippen molar-refractivity contribution in [2.45, 2.75) is 6.42 Å². The molecule has 116 valence electrons. The zero-order chi connectivity index (χ0) is 15.8. The Morgan fingerprint density at radius 1 is 1.05 bits per heavy atom. The maximum absolute atomic E-state index is 10.7. The second kappa shape index (κ2) is 8.11. The number of nitrogens with zero attached hydrogens (tertiary/aromatic N) is 1. The van der Waals surface area contributed by atoms with Crippen molar-refractivity contribution in [1.82, 2.24) is 4.90 Å². The number of aliphatic carboxylic acids is 2. The predicted octanol–water partition coefficient (Wildman–Crippen LogP) is 0.717. The summed E-state index contributed by atoms with van der Waals surface area (Å²) in [7, 11) is 3.07. The number of methoxy groups -OCH3 is 2. The molecule has 0 fully saturated rings. The van der Waals surface area contributed by atoms with Gasteiger partial charge in [0, 0.05) is 6.54 Å². The zero-order valence-electron chi connectivity index (χ0n) is 12.0. The maximum Gasteiger partial charge on any atom is 0.317 e. The van der Waals surface area contributed by atoms with E-state index in [9.17, 15) is 9.59 Å². The van der Waals surface area contributed by atoms with E-state index >= 15 is 0 Å². The molecule has 1 rings (SSSR count). The van der Waals surface area contributed by atoms with Crippen LogP contribution in [-0.4, -0.2) is 60.9 Å². The van der Waals surface area contributed by atoms with Crippen LogP contribution in [0.5, 0.6) is 11.5 Å². The maximum atomic E-state index is 10.7. The van der Waals surface area contributed by atoms with E-state index in [0.29, 0.717) is 24.5 Å². The highest BCUT2D eigenvalue weighted by Crippen LogP contribution is 2.27. The van der Waals surface area contributed by atoms with Crippen LogP contribution >= 0.6 is 0 Å². The quantitative estimate of drug-likeness (QED) is 0.693. The van der Waals surface area contributed by atoms with Gasteiger partial charge >= 0.3 is 11.9 Å². The van der Waals surface area contributed by atoms with Crippen molar-refractivity contribution in [3.63, 3.8) is 0 Å². The number of carboxylic acid groups (broad SMARTS) is 2. The Kier molecular flexibility index (Phi) is 6.48. The molecular formula is C14H19NO6. The van der Waals surface area contributed by atoms with Crippen LogP contribution in [-0.2, 0) is 16.0 Å². The Morgan fingerprint density at radius 3 is 2.10 bits per heavy atom. The van der Waals surface area contributed by atoms with Crippen molar-refractivity contribution >= 4 is 11.9 Å². The first kappa shape index (κ1) is 16.8. The molecule has 0 heterocycles. The van der Waals surface area contributed by atoms with Crippen molar-refractivity contribution < 1.29 is 29.3 Å². The molecule has 7 nitrogen and oxygen atoms in total. The Bertz CT molecular complexity index is 486. The fourth-order valence-corrected chi connectivity index (χ4v) is 1.92. The van der Waals surface area contributed by atoms with Gasteiger partial charge in [0.1, 0.15) is 0 Å². The summed E-state index contributed by atoms with van der Waals surface area (Å²) in [6.45, 7) is -0.284. The molecule has 1 aromatic rings. The zero-order valence-corrected chi connectivity index (χ0v) is 12.0. The van der Waals surface area contributed by atoms with Gasteiger partial charge in [0.25, 0.3) is 0 Å². The second-order valence-corrected chi connectivity index (χ2v) is 4.44. The van der Waals surface area contributed by atoms with Crippen LogP contribution < -0.4 is 9.47 Å². The highest BCUT2D eigenvalue weighted by molar-refractivity contribution is 5.72.